The minimum absolute atomic E-state index is 0.691. The second-order valence-corrected chi connectivity index (χ2v) is 5.03. The van der Waals surface area contributed by atoms with Gasteiger partial charge in [0.2, 0.25) is 0 Å². The molecule has 92 valence electrons. The summed E-state index contributed by atoms with van der Waals surface area (Å²) in [7, 11) is 1.74. The van der Waals surface area contributed by atoms with Gasteiger partial charge in [0, 0.05) is 12.2 Å². The highest BCUT2D eigenvalue weighted by molar-refractivity contribution is 5.57. The van der Waals surface area contributed by atoms with Gasteiger partial charge in [0.15, 0.2) is 0 Å². The lowest BCUT2D eigenvalue weighted by molar-refractivity contribution is 0.406. The molecule has 2 heterocycles. The fraction of sp³-hybridized carbons (Fsp3) is 0.571. The second kappa shape index (κ2) is 4.57. The maximum Gasteiger partial charge on any atom is 0.119 e. The first-order valence-corrected chi connectivity index (χ1v) is 6.51. The van der Waals surface area contributed by atoms with Crippen molar-refractivity contribution in [2.24, 2.45) is 5.92 Å². The smallest absolute Gasteiger partial charge is 0.119 e. The minimum Gasteiger partial charge on any atom is -0.497 e. The highest BCUT2D eigenvalue weighted by atomic mass is 16.5. The fourth-order valence-corrected chi connectivity index (χ4v) is 3.16. The maximum atomic E-state index is 5.35. The highest BCUT2D eigenvalue weighted by Gasteiger charge is 2.30. The van der Waals surface area contributed by atoms with Crippen LogP contribution in [0.4, 0.5) is 5.69 Å². The Hall–Kier alpha value is -1.22. The third kappa shape index (κ3) is 2.00. The van der Waals surface area contributed by atoms with E-state index in [9.17, 15) is 0 Å². The van der Waals surface area contributed by atoms with Gasteiger partial charge in [0.25, 0.3) is 0 Å². The molecule has 0 aliphatic carbocycles. The molecule has 2 atom stereocenters. The van der Waals surface area contributed by atoms with Gasteiger partial charge in [-0.3, -0.25) is 0 Å². The molecular weight excluding hydrogens is 212 g/mol. The van der Waals surface area contributed by atoms with E-state index in [1.165, 1.54) is 37.2 Å². The van der Waals surface area contributed by atoms with Crippen LogP contribution in [0.5, 0.6) is 5.75 Å². The Morgan fingerprint density at radius 1 is 1.24 bits per heavy atom. The molecular formula is C14H20N2O. The molecule has 3 rings (SSSR count). The van der Waals surface area contributed by atoms with Gasteiger partial charge in [0.05, 0.1) is 7.11 Å². The van der Waals surface area contributed by atoms with Crippen LogP contribution in [0.2, 0.25) is 0 Å². The van der Waals surface area contributed by atoms with E-state index in [-0.39, 0.29) is 0 Å². The summed E-state index contributed by atoms with van der Waals surface area (Å²) >= 11 is 0. The Balaban J connectivity index is 1.93. The van der Waals surface area contributed by atoms with Gasteiger partial charge in [-0.1, -0.05) is 0 Å². The van der Waals surface area contributed by atoms with Crippen molar-refractivity contribution in [3.05, 3.63) is 23.8 Å². The van der Waals surface area contributed by atoms with Crippen molar-refractivity contribution in [1.29, 1.82) is 0 Å². The van der Waals surface area contributed by atoms with Crippen molar-refractivity contribution in [2.75, 3.05) is 32.1 Å². The van der Waals surface area contributed by atoms with Crippen molar-refractivity contribution in [1.82, 2.24) is 5.32 Å². The summed E-state index contributed by atoms with van der Waals surface area (Å²) in [5, 5.41) is 6.97. The Labute approximate surface area is 103 Å². The molecule has 0 aromatic heterocycles. The van der Waals surface area contributed by atoms with E-state index in [0.717, 1.165) is 18.2 Å². The number of benzene rings is 1. The number of nitrogens with one attached hydrogen (secondary N) is 2. The second-order valence-electron chi connectivity index (χ2n) is 5.03. The minimum atomic E-state index is 0.691. The largest absolute Gasteiger partial charge is 0.497 e. The van der Waals surface area contributed by atoms with E-state index in [4.69, 9.17) is 4.74 Å². The summed E-state index contributed by atoms with van der Waals surface area (Å²) in [6.45, 7) is 3.44. The molecule has 0 amide bonds. The van der Waals surface area contributed by atoms with Crippen molar-refractivity contribution >= 4 is 5.69 Å². The molecule has 3 heteroatoms. The third-order valence-electron chi connectivity index (χ3n) is 4.10. The van der Waals surface area contributed by atoms with E-state index in [1.54, 1.807) is 7.11 Å². The van der Waals surface area contributed by atoms with Gasteiger partial charge in [-0.2, -0.15) is 0 Å². The average molecular weight is 232 g/mol. The van der Waals surface area contributed by atoms with Crippen molar-refractivity contribution < 1.29 is 4.74 Å². The molecule has 2 aliphatic rings. The van der Waals surface area contributed by atoms with E-state index < -0.39 is 0 Å². The first-order chi connectivity index (χ1) is 8.38. The van der Waals surface area contributed by atoms with Crippen LogP contribution in [-0.4, -0.2) is 26.7 Å². The topological polar surface area (TPSA) is 33.3 Å². The number of fused-ring (bicyclic) bond motifs is 1. The molecule has 1 aromatic rings. The Morgan fingerprint density at radius 3 is 2.94 bits per heavy atom. The lowest BCUT2D eigenvalue weighted by Crippen LogP contribution is -2.24. The number of hydrogen-bond donors (Lipinski definition) is 2. The number of anilines is 1. The monoisotopic (exact) mass is 232 g/mol. The Morgan fingerprint density at radius 2 is 2.18 bits per heavy atom. The fourth-order valence-electron chi connectivity index (χ4n) is 3.16. The molecule has 17 heavy (non-hydrogen) atoms. The maximum absolute atomic E-state index is 5.35. The Kier molecular flexibility index (Phi) is 2.93. The zero-order valence-corrected chi connectivity index (χ0v) is 10.3. The molecule has 0 spiro atoms. The molecule has 1 aromatic carbocycles. The van der Waals surface area contributed by atoms with Gasteiger partial charge in [-0.05, 0) is 61.5 Å². The lowest BCUT2D eigenvalue weighted by Gasteiger charge is -2.31. The zero-order valence-electron chi connectivity index (χ0n) is 10.3. The van der Waals surface area contributed by atoms with Crippen LogP contribution in [0.15, 0.2) is 18.2 Å². The number of hydrogen-bond acceptors (Lipinski definition) is 3. The first-order valence-electron chi connectivity index (χ1n) is 6.51. The summed E-state index contributed by atoms with van der Waals surface area (Å²) in [5.74, 6) is 2.46. The predicted molar refractivity (Wildman–Crippen MR) is 69.8 cm³/mol. The predicted octanol–water partition coefficient (Wildman–Crippen LogP) is 2.20. The zero-order chi connectivity index (χ0) is 11.7. The van der Waals surface area contributed by atoms with Gasteiger partial charge < -0.3 is 15.4 Å². The quantitative estimate of drug-likeness (QED) is 0.820. The number of rotatable bonds is 2. The first kappa shape index (κ1) is 10.9. The highest BCUT2D eigenvalue weighted by Crippen LogP contribution is 2.40. The molecule has 0 bridgehead atoms. The number of methoxy groups -OCH3 is 1. The molecule has 2 N–H and O–H groups in total. The Bertz CT molecular complexity index is 399. The van der Waals surface area contributed by atoms with Crippen LogP contribution in [-0.2, 0) is 0 Å². The average Bonchev–Trinajstić information content (AvgIpc) is 2.91. The molecule has 0 saturated carbocycles. The molecule has 2 aliphatic heterocycles. The third-order valence-corrected chi connectivity index (χ3v) is 4.10. The van der Waals surface area contributed by atoms with Gasteiger partial charge in [0.1, 0.15) is 5.75 Å². The molecule has 1 saturated heterocycles. The molecule has 3 nitrogen and oxygen atoms in total. The van der Waals surface area contributed by atoms with Crippen LogP contribution >= 0.6 is 0 Å². The summed E-state index contributed by atoms with van der Waals surface area (Å²) in [6.07, 6.45) is 2.55. The SMILES string of the molecule is COc1ccc2c(c1)C(C1CCNC1)CCN2. The van der Waals surface area contributed by atoms with Crippen LogP contribution < -0.4 is 15.4 Å². The molecule has 0 radical (unpaired) electrons. The summed E-state index contributed by atoms with van der Waals surface area (Å²) < 4.78 is 5.35. The summed E-state index contributed by atoms with van der Waals surface area (Å²) in [4.78, 5) is 0. The van der Waals surface area contributed by atoms with Gasteiger partial charge >= 0.3 is 0 Å². The van der Waals surface area contributed by atoms with Crippen LogP contribution in [0.1, 0.15) is 24.3 Å². The summed E-state index contributed by atoms with van der Waals surface area (Å²) in [6, 6.07) is 6.41. The molecule has 2 unspecified atom stereocenters. The van der Waals surface area contributed by atoms with E-state index >= 15 is 0 Å². The van der Waals surface area contributed by atoms with E-state index in [2.05, 4.69) is 22.8 Å². The van der Waals surface area contributed by atoms with Crippen molar-refractivity contribution in [3.8, 4) is 5.75 Å². The number of ether oxygens (including phenoxy) is 1. The molecule has 1 fully saturated rings. The van der Waals surface area contributed by atoms with Gasteiger partial charge in [-0.25, -0.2) is 0 Å². The van der Waals surface area contributed by atoms with Crippen molar-refractivity contribution in [3.63, 3.8) is 0 Å². The normalized spacial score (nSPS) is 27.4. The standard InChI is InChI=1S/C14H20N2O/c1-17-11-2-3-14-13(8-11)12(5-7-16-14)10-4-6-15-9-10/h2-3,8,10,12,15-16H,4-7,9H2,1H3. The van der Waals surface area contributed by atoms with Crippen LogP contribution in [0.3, 0.4) is 0 Å². The van der Waals surface area contributed by atoms with E-state index in [0.29, 0.717) is 5.92 Å². The van der Waals surface area contributed by atoms with Crippen LogP contribution in [0.25, 0.3) is 0 Å². The van der Waals surface area contributed by atoms with E-state index in [1.807, 2.05) is 6.07 Å². The van der Waals surface area contributed by atoms with Crippen molar-refractivity contribution in [2.45, 2.75) is 18.8 Å². The van der Waals surface area contributed by atoms with Crippen LogP contribution in [0, 0.1) is 5.92 Å². The summed E-state index contributed by atoms with van der Waals surface area (Å²) in [5.41, 5.74) is 2.75. The van der Waals surface area contributed by atoms with Gasteiger partial charge in [-0.15, -0.1) is 0 Å². The lowest BCUT2D eigenvalue weighted by atomic mass is 9.80.